The van der Waals surface area contributed by atoms with Gasteiger partial charge in [0.05, 0.1) is 7.11 Å². The molecule has 152 valence electrons. The number of β-lactam (4-membered cyclic amide) rings is 1. The summed E-state index contributed by atoms with van der Waals surface area (Å²) < 4.78 is 36.0. The van der Waals surface area contributed by atoms with Crippen LogP contribution in [0.4, 0.5) is 5.13 Å². The van der Waals surface area contributed by atoms with E-state index in [2.05, 4.69) is 26.8 Å². The number of nitrogens with zero attached hydrogens (tertiary/aromatic N) is 3. The predicted molar refractivity (Wildman–Crippen MR) is 95.3 cm³/mol. The van der Waals surface area contributed by atoms with Crippen molar-refractivity contribution in [1.29, 1.82) is 0 Å². The summed E-state index contributed by atoms with van der Waals surface area (Å²) in [6.45, 7) is 3.38. The average molecular weight is 433 g/mol. The highest BCUT2D eigenvalue weighted by atomic mass is 32.2. The van der Waals surface area contributed by atoms with Crippen LogP contribution in [0.2, 0.25) is 0 Å². The first-order valence-corrected chi connectivity index (χ1v) is 9.61. The lowest BCUT2D eigenvalue weighted by Gasteiger charge is -2.41. The molecule has 0 aromatic carbocycles. The summed E-state index contributed by atoms with van der Waals surface area (Å²) in [6.07, 6.45) is 1.36. The van der Waals surface area contributed by atoms with Crippen LogP contribution in [0.15, 0.2) is 23.2 Å². The number of methoxy groups -OCH3 is 1. The molecular formula is C13H15N5O8S2. The van der Waals surface area contributed by atoms with Gasteiger partial charge >= 0.3 is 16.3 Å². The van der Waals surface area contributed by atoms with Crippen molar-refractivity contribution in [3.05, 3.63) is 23.7 Å². The second kappa shape index (κ2) is 8.32. The molecular weight excluding hydrogens is 418 g/mol. The van der Waals surface area contributed by atoms with Crippen molar-refractivity contribution in [2.24, 2.45) is 5.16 Å². The maximum absolute atomic E-state index is 12.6. The number of oxime groups is 1. The largest absolute Gasteiger partial charge is 0.467 e. The normalized spacial score (nSPS) is 19.6. The third kappa shape index (κ3) is 4.26. The van der Waals surface area contributed by atoms with E-state index >= 15 is 0 Å². The fourth-order valence-electron chi connectivity index (χ4n) is 2.18. The van der Waals surface area contributed by atoms with Gasteiger partial charge in [-0.1, -0.05) is 17.8 Å². The SMILES string of the molecule is C=CCO/N=C(\C(=O)NC1C(=O)N(S(=O)(=O)O)C1C(=O)OC)c1csc(N)n1. The van der Waals surface area contributed by atoms with E-state index in [0.717, 1.165) is 18.4 Å². The standard InChI is InChI=1S/C13H15N5O8S2/c1-3-4-26-17-7(6-5-27-13(14)15-6)10(19)16-8-9(12(21)25-2)18(11(8)20)28(22,23)24/h3,5,8-9H,1,4H2,2H3,(H2,14,15)(H,16,19)(H,22,23,24)/b17-7-. The lowest BCUT2D eigenvalue weighted by atomic mass is 9.98. The number of hydrogen-bond acceptors (Lipinski definition) is 11. The van der Waals surface area contributed by atoms with Gasteiger partial charge in [-0.15, -0.1) is 11.3 Å². The topological polar surface area (TPSA) is 191 Å². The Bertz CT molecular complexity index is 940. The zero-order valence-electron chi connectivity index (χ0n) is 14.3. The fraction of sp³-hybridized carbons (Fsp3) is 0.308. The number of thiazole rings is 1. The molecule has 1 aromatic rings. The molecule has 0 saturated carbocycles. The number of anilines is 1. The molecule has 15 heteroatoms. The summed E-state index contributed by atoms with van der Waals surface area (Å²) in [5.74, 6) is -3.41. The molecule has 28 heavy (non-hydrogen) atoms. The van der Waals surface area contributed by atoms with Crippen molar-refractivity contribution in [2.45, 2.75) is 12.1 Å². The molecule has 0 bridgehead atoms. The Morgan fingerprint density at radius 3 is 2.75 bits per heavy atom. The first-order valence-electron chi connectivity index (χ1n) is 7.33. The van der Waals surface area contributed by atoms with Crippen molar-refractivity contribution in [3.63, 3.8) is 0 Å². The minimum Gasteiger partial charge on any atom is -0.467 e. The van der Waals surface area contributed by atoms with Gasteiger partial charge in [0.15, 0.2) is 16.9 Å². The summed E-state index contributed by atoms with van der Waals surface area (Å²) in [7, 11) is -4.09. The Labute approximate surface area is 162 Å². The number of carbonyl (C=O) groups is 3. The zero-order chi connectivity index (χ0) is 21.1. The highest BCUT2D eigenvalue weighted by Crippen LogP contribution is 2.25. The average Bonchev–Trinajstić information content (AvgIpc) is 3.04. The molecule has 1 aliphatic rings. The summed E-state index contributed by atoms with van der Waals surface area (Å²) in [4.78, 5) is 45.2. The van der Waals surface area contributed by atoms with Crippen molar-refractivity contribution in [2.75, 3.05) is 19.5 Å². The fourth-order valence-corrected chi connectivity index (χ4v) is 3.56. The second-order valence-electron chi connectivity index (χ2n) is 5.13. The maximum Gasteiger partial charge on any atom is 0.363 e. The number of nitrogens with two attached hydrogens (primary N) is 1. The molecule has 2 atom stereocenters. The maximum atomic E-state index is 12.6. The molecule has 1 saturated heterocycles. The molecule has 0 aliphatic carbocycles. The first kappa shape index (κ1) is 21.3. The van der Waals surface area contributed by atoms with Gasteiger partial charge in [0, 0.05) is 5.38 Å². The van der Waals surface area contributed by atoms with E-state index in [1.165, 1.54) is 11.5 Å². The molecule has 1 aromatic heterocycles. The quantitative estimate of drug-likeness (QED) is 0.0810. The Kier molecular flexibility index (Phi) is 6.32. The predicted octanol–water partition coefficient (Wildman–Crippen LogP) is -1.70. The molecule has 0 spiro atoms. The molecule has 2 rings (SSSR count). The number of aromatic nitrogens is 1. The third-order valence-electron chi connectivity index (χ3n) is 3.36. The van der Waals surface area contributed by atoms with Crippen LogP contribution in [0.1, 0.15) is 5.69 Å². The molecule has 4 N–H and O–H groups in total. The van der Waals surface area contributed by atoms with Crippen molar-refractivity contribution in [1.82, 2.24) is 14.6 Å². The Morgan fingerprint density at radius 1 is 1.57 bits per heavy atom. The Morgan fingerprint density at radius 2 is 2.25 bits per heavy atom. The smallest absolute Gasteiger partial charge is 0.363 e. The van der Waals surface area contributed by atoms with Gasteiger partial charge in [0.1, 0.15) is 18.3 Å². The van der Waals surface area contributed by atoms with E-state index < -0.39 is 40.2 Å². The van der Waals surface area contributed by atoms with E-state index in [1.54, 1.807) is 0 Å². The van der Waals surface area contributed by atoms with E-state index in [0.29, 0.717) is 0 Å². The van der Waals surface area contributed by atoms with Crippen LogP contribution in [0.25, 0.3) is 0 Å². The van der Waals surface area contributed by atoms with Crippen LogP contribution >= 0.6 is 11.3 Å². The highest BCUT2D eigenvalue weighted by molar-refractivity contribution is 7.84. The van der Waals surface area contributed by atoms with Crippen LogP contribution < -0.4 is 11.1 Å². The van der Waals surface area contributed by atoms with Gasteiger partial charge < -0.3 is 20.6 Å². The summed E-state index contributed by atoms with van der Waals surface area (Å²) in [6, 6.07) is -3.41. The molecule has 2 heterocycles. The van der Waals surface area contributed by atoms with Gasteiger partial charge in [0.25, 0.3) is 11.8 Å². The van der Waals surface area contributed by atoms with Gasteiger partial charge in [-0.25, -0.2) is 9.78 Å². The summed E-state index contributed by atoms with van der Waals surface area (Å²) in [5.41, 5.74) is 5.17. The number of hydrogen-bond donors (Lipinski definition) is 3. The van der Waals surface area contributed by atoms with Crippen molar-refractivity contribution < 1.29 is 36.9 Å². The lowest BCUT2D eigenvalue weighted by Crippen LogP contribution is -2.74. The zero-order valence-corrected chi connectivity index (χ0v) is 15.9. The molecule has 0 radical (unpaired) electrons. The Hall–Kier alpha value is -3.04. The molecule has 1 aliphatic heterocycles. The highest BCUT2D eigenvalue weighted by Gasteiger charge is 2.58. The van der Waals surface area contributed by atoms with E-state index in [9.17, 15) is 22.8 Å². The number of esters is 1. The molecule has 2 unspecified atom stereocenters. The minimum atomic E-state index is -5.04. The molecule has 13 nitrogen and oxygen atoms in total. The first-order chi connectivity index (χ1) is 13.1. The van der Waals surface area contributed by atoms with Crippen molar-refractivity contribution in [3.8, 4) is 0 Å². The Balaban J connectivity index is 2.28. The number of carbonyl (C=O) groups excluding carboxylic acids is 3. The number of ether oxygens (including phenoxy) is 1. The van der Waals surface area contributed by atoms with Gasteiger partial charge in [-0.2, -0.15) is 12.7 Å². The van der Waals surface area contributed by atoms with Gasteiger partial charge in [-0.05, 0) is 0 Å². The third-order valence-corrected chi connectivity index (χ3v) is 4.94. The summed E-state index contributed by atoms with van der Waals surface area (Å²) >= 11 is 1.01. The molecule has 1 fully saturated rings. The summed E-state index contributed by atoms with van der Waals surface area (Å²) in [5, 5.41) is 7.28. The van der Waals surface area contributed by atoms with Crippen LogP contribution in [0.5, 0.6) is 0 Å². The van der Waals surface area contributed by atoms with E-state index in [4.69, 9.17) is 15.1 Å². The van der Waals surface area contributed by atoms with E-state index in [1.807, 2.05) is 0 Å². The second-order valence-corrected chi connectivity index (χ2v) is 7.31. The van der Waals surface area contributed by atoms with E-state index in [-0.39, 0.29) is 27.4 Å². The van der Waals surface area contributed by atoms with Crippen LogP contribution in [0, 0.1) is 0 Å². The number of amides is 2. The van der Waals surface area contributed by atoms with Crippen LogP contribution in [-0.2, 0) is 34.3 Å². The minimum absolute atomic E-state index is 0.0251. The number of nitrogens with one attached hydrogen (secondary N) is 1. The van der Waals surface area contributed by atoms with Crippen LogP contribution in [0.3, 0.4) is 0 Å². The van der Waals surface area contributed by atoms with Crippen molar-refractivity contribution >= 4 is 50.3 Å². The molecule has 2 amide bonds. The van der Waals surface area contributed by atoms with Gasteiger partial charge in [0.2, 0.25) is 0 Å². The lowest BCUT2D eigenvalue weighted by molar-refractivity contribution is -0.162. The van der Waals surface area contributed by atoms with Crippen LogP contribution in [-0.4, -0.2) is 71.6 Å². The number of nitrogen functional groups attached to an aromatic ring is 1. The van der Waals surface area contributed by atoms with Gasteiger partial charge in [-0.3, -0.25) is 14.1 Å². The monoisotopic (exact) mass is 433 g/mol. The number of rotatable bonds is 8.